The Morgan fingerprint density at radius 3 is 2.41 bits per heavy atom. The van der Waals surface area contributed by atoms with Gasteiger partial charge in [-0.05, 0) is 24.8 Å². The van der Waals surface area contributed by atoms with Gasteiger partial charge in [-0.1, -0.05) is 69.2 Å². The van der Waals surface area contributed by atoms with Crippen LogP contribution in [0.15, 0.2) is 35.9 Å². The van der Waals surface area contributed by atoms with Crippen LogP contribution >= 0.6 is 0 Å². The second-order valence-electron chi connectivity index (χ2n) is 6.66. The number of Topliss-reactive ketones (excluding diaryl/α,β-unsaturated/α-hetero) is 1. The van der Waals surface area contributed by atoms with Crippen molar-refractivity contribution < 1.29 is 9.59 Å². The quantitative estimate of drug-likeness (QED) is 0.706. The lowest BCUT2D eigenvalue weighted by Crippen LogP contribution is -2.16. The third-order valence-corrected chi connectivity index (χ3v) is 5.07. The molecule has 2 heteroatoms. The molecule has 0 aliphatic heterocycles. The number of hydrogen-bond acceptors (Lipinski definition) is 2. The SMILES string of the molecule is O=C1C=C(CCCCC2CCCCC2)C(=O)c2ccccc21. The number of carbonyl (C=O) groups excluding carboxylic acids is 2. The number of allylic oxidation sites excluding steroid dienone is 2. The molecule has 0 N–H and O–H groups in total. The zero-order chi connectivity index (χ0) is 15.4. The third kappa shape index (κ3) is 3.37. The lowest BCUT2D eigenvalue weighted by molar-refractivity contribution is 0.0981. The second kappa shape index (κ2) is 7.04. The van der Waals surface area contributed by atoms with E-state index in [2.05, 4.69) is 0 Å². The number of fused-ring (bicyclic) bond motifs is 1. The molecule has 0 atom stereocenters. The molecular formula is C20H24O2. The van der Waals surface area contributed by atoms with Crippen molar-refractivity contribution in [3.8, 4) is 0 Å². The first kappa shape index (κ1) is 15.2. The summed E-state index contributed by atoms with van der Waals surface area (Å²) < 4.78 is 0. The molecule has 0 radical (unpaired) electrons. The summed E-state index contributed by atoms with van der Waals surface area (Å²) in [5.74, 6) is 0.928. The Balaban J connectivity index is 1.53. The molecule has 1 fully saturated rings. The van der Waals surface area contributed by atoms with E-state index in [1.54, 1.807) is 18.2 Å². The highest BCUT2D eigenvalue weighted by molar-refractivity contribution is 6.24. The molecule has 1 aromatic carbocycles. The summed E-state index contributed by atoms with van der Waals surface area (Å²) in [6, 6.07) is 7.15. The summed E-state index contributed by atoms with van der Waals surface area (Å²) in [6.45, 7) is 0. The van der Waals surface area contributed by atoms with Crippen LogP contribution in [0.3, 0.4) is 0 Å². The average molecular weight is 296 g/mol. The molecule has 2 aliphatic rings. The standard InChI is InChI=1S/C20H24O2/c21-19-14-16(20(22)18-13-7-6-12-17(18)19)11-5-4-10-15-8-2-1-3-9-15/h6-7,12-15H,1-5,8-11H2. The van der Waals surface area contributed by atoms with Crippen LogP contribution < -0.4 is 0 Å². The van der Waals surface area contributed by atoms with Gasteiger partial charge in [-0.25, -0.2) is 0 Å². The van der Waals surface area contributed by atoms with E-state index in [1.165, 1.54) is 44.9 Å². The van der Waals surface area contributed by atoms with E-state index in [0.717, 1.165) is 18.8 Å². The molecule has 0 unspecified atom stereocenters. The van der Waals surface area contributed by atoms with Crippen molar-refractivity contribution in [1.82, 2.24) is 0 Å². The zero-order valence-corrected chi connectivity index (χ0v) is 13.1. The molecule has 0 amide bonds. The summed E-state index contributed by atoms with van der Waals surface area (Å²) >= 11 is 0. The van der Waals surface area contributed by atoms with Crippen molar-refractivity contribution in [2.75, 3.05) is 0 Å². The monoisotopic (exact) mass is 296 g/mol. The van der Waals surface area contributed by atoms with Crippen molar-refractivity contribution in [2.45, 2.75) is 57.8 Å². The second-order valence-corrected chi connectivity index (χ2v) is 6.66. The normalized spacial score (nSPS) is 19.0. The number of unbranched alkanes of at least 4 members (excludes halogenated alkanes) is 1. The number of carbonyl (C=O) groups is 2. The van der Waals surface area contributed by atoms with Gasteiger partial charge in [0.15, 0.2) is 11.6 Å². The van der Waals surface area contributed by atoms with Gasteiger partial charge in [-0.3, -0.25) is 9.59 Å². The summed E-state index contributed by atoms with van der Waals surface area (Å²) in [4.78, 5) is 24.5. The minimum Gasteiger partial charge on any atom is -0.289 e. The van der Waals surface area contributed by atoms with Crippen LogP contribution in [0.5, 0.6) is 0 Å². The molecule has 0 bridgehead atoms. The topological polar surface area (TPSA) is 34.1 Å². The van der Waals surface area contributed by atoms with Gasteiger partial charge in [0, 0.05) is 16.7 Å². The number of ketones is 2. The van der Waals surface area contributed by atoms with Crippen LogP contribution in [-0.4, -0.2) is 11.6 Å². The van der Waals surface area contributed by atoms with Crippen molar-refractivity contribution >= 4 is 11.6 Å². The smallest absolute Gasteiger partial charge is 0.189 e. The highest BCUT2D eigenvalue weighted by atomic mass is 16.1. The van der Waals surface area contributed by atoms with Crippen molar-refractivity contribution in [1.29, 1.82) is 0 Å². The molecule has 116 valence electrons. The van der Waals surface area contributed by atoms with Gasteiger partial charge in [0.05, 0.1) is 0 Å². The van der Waals surface area contributed by atoms with Crippen LogP contribution in [0, 0.1) is 5.92 Å². The van der Waals surface area contributed by atoms with Gasteiger partial charge in [-0.15, -0.1) is 0 Å². The molecule has 1 saturated carbocycles. The minimum atomic E-state index is -0.0162. The van der Waals surface area contributed by atoms with E-state index >= 15 is 0 Å². The predicted molar refractivity (Wildman–Crippen MR) is 88.2 cm³/mol. The molecule has 0 saturated heterocycles. The fourth-order valence-electron chi connectivity index (χ4n) is 3.78. The van der Waals surface area contributed by atoms with E-state index in [4.69, 9.17) is 0 Å². The number of hydrogen-bond donors (Lipinski definition) is 0. The summed E-state index contributed by atoms with van der Waals surface area (Å²) in [5, 5.41) is 0. The van der Waals surface area contributed by atoms with Crippen LogP contribution in [0.25, 0.3) is 0 Å². The van der Waals surface area contributed by atoms with E-state index in [0.29, 0.717) is 16.7 Å². The molecular weight excluding hydrogens is 272 g/mol. The third-order valence-electron chi connectivity index (χ3n) is 5.07. The average Bonchev–Trinajstić information content (AvgIpc) is 2.57. The highest BCUT2D eigenvalue weighted by Gasteiger charge is 2.24. The van der Waals surface area contributed by atoms with Crippen LogP contribution in [0.1, 0.15) is 78.5 Å². The highest BCUT2D eigenvalue weighted by Crippen LogP contribution is 2.29. The minimum absolute atomic E-state index is 0.0162. The Kier molecular flexibility index (Phi) is 4.87. The maximum Gasteiger partial charge on any atom is 0.189 e. The maximum absolute atomic E-state index is 12.4. The fraction of sp³-hybridized carbons (Fsp3) is 0.500. The van der Waals surface area contributed by atoms with Crippen LogP contribution in [0.4, 0.5) is 0 Å². The van der Waals surface area contributed by atoms with Crippen molar-refractivity contribution in [3.63, 3.8) is 0 Å². The van der Waals surface area contributed by atoms with Gasteiger partial charge in [-0.2, -0.15) is 0 Å². The Morgan fingerprint density at radius 1 is 0.909 bits per heavy atom. The molecule has 0 aromatic heterocycles. The zero-order valence-electron chi connectivity index (χ0n) is 13.1. The number of benzene rings is 1. The molecule has 1 aromatic rings. The molecule has 22 heavy (non-hydrogen) atoms. The lowest BCUT2D eigenvalue weighted by Gasteiger charge is -2.21. The Labute approximate surface area is 132 Å². The van der Waals surface area contributed by atoms with E-state index in [9.17, 15) is 9.59 Å². The summed E-state index contributed by atoms with van der Waals surface area (Å²) in [7, 11) is 0. The molecule has 3 rings (SSSR count). The lowest BCUT2D eigenvalue weighted by atomic mass is 9.84. The van der Waals surface area contributed by atoms with Gasteiger partial charge in [0.2, 0.25) is 0 Å². The molecule has 0 heterocycles. The Bertz CT molecular complexity index is 591. The van der Waals surface area contributed by atoms with E-state index in [1.807, 2.05) is 12.1 Å². The molecule has 2 aliphatic carbocycles. The van der Waals surface area contributed by atoms with Crippen molar-refractivity contribution in [3.05, 3.63) is 47.0 Å². The van der Waals surface area contributed by atoms with Gasteiger partial charge in [0.1, 0.15) is 0 Å². The Hall–Kier alpha value is -1.70. The Morgan fingerprint density at radius 2 is 1.64 bits per heavy atom. The first-order valence-electron chi connectivity index (χ1n) is 8.64. The summed E-state index contributed by atoms with van der Waals surface area (Å²) in [5.41, 5.74) is 1.84. The van der Waals surface area contributed by atoms with E-state index < -0.39 is 0 Å². The van der Waals surface area contributed by atoms with Gasteiger partial charge < -0.3 is 0 Å². The summed E-state index contributed by atoms with van der Waals surface area (Å²) in [6.07, 6.45) is 12.7. The molecule has 0 spiro atoms. The first-order valence-corrected chi connectivity index (χ1v) is 8.64. The van der Waals surface area contributed by atoms with Crippen LogP contribution in [0.2, 0.25) is 0 Å². The van der Waals surface area contributed by atoms with Crippen LogP contribution in [-0.2, 0) is 0 Å². The van der Waals surface area contributed by atoms with Crippen molar-refractivity contribution in [2.24, 2.45) is 5.92 Å². The number of rotatable bonds is 5. The predicted octanol–water partition coefficient (Wildman–Crippen LogP) is 5.13. The fourth-order valence-corrected chi connectivity index (χ4v) is 3.78. The maximum atomic E-state index is 12.4. The van der Waals surface area contributed by atoms with E-state index in [-0.39, 0.29) is 11.6 Å². The van der Waals surface area contributed by atoms with Gasteiger partial charge in [0.25, 0.3) is 0 Å². The molecule has 2 nitrogen and oxygen atoms in total. The van der Waals surface area contributed by atoms with Gasteiger partial charge >= 0.3 is 0 Å². The first-order chi connectivity index (χ1) is 10.8. The largest absolute Gasteiger partial charge is 0.289 e.